The standard InChI is InChI=1S/C3H7N.CH2O2/c1-2-4-3-1;2-1-3/h4H,1-3H2;1H2. The van der Waals surface area contributed by atoms with Crippen molar-refractivity contribution >= 4 is 0 Å². The summed E-state index contributed by atoms with van der Waals surface area (Å²) in [5.74, 6) is 0. The molecule has 1 fully saturated rings. The zero-order valence-corrected chi connectivity index (χ0v) is 4.14. The van der Waals surface area contributed by atoms with Gasteiger partial charge in [0.15, 0.2) is 0 Å². The normalized spacial score (nSPS) is 16.3. The van der Waals surface area contributed by atoms with Crippen LogP contribution in [-0.4, -0.2) is 19.9 Å². The van der Waals surface area contributed by atoms with Gasteiger partial charge in [0.2, 0.25) is 6.79 Å². The largest absolute Gasteiger partial charge is 0.317 e. The van der Waals surface area contributed by atoms with Gasteiger partial charge in [-0.15, -0.1) is 0 Å². The maximum absolute atomic E-state index is 8.38. The van der Waals surface area contributed by atoms with Gasteiger partial charge in [-0.1, -0.05) is 0 Å². The summed E-state index contributed by atoms with van der Waals surface area (Å²) in [6.07, 6.45) is 1.39. The number of nitrogens with one attached hydrogen (secondary N) is 1. The van der Waals surface area contributed by atoms with E-state index < -0.39 is 6.79 Å². The number of hydrogen-bond acceptors (Lipinski definition) is 1. The first kappa shape index (κ1) is 6.88. The van der Waals surface area contributed by atoms with Crippen LogP contribution in [0.2, 0.25) is 0 Å². The maximum atomic E-state index is 8.38. The fourth-order valence-electron chi connectivity index (χ4n) is 0.177. The molecular weight excluding hydrogens is 94.0 g/mol. The van der Waals surface area contributed by atoms with Gasteiger partial charge in [-0.25, -0.2) is 10.2 Å². The third-order valence-electron chi connectivity index (χ3n) is 0.707. The Bertz CT molecular complexity index is 24.9. The quantitative estimate of drug-likeness (QED) is 0.423. The Morgan fingerprint density at radius 1 is 1.29 bits per heavy atom. The van der Waals surface area contributed by atoms with Gasteiger partial charge in [0, 0.05) is 0 Å². The van der Waals surface area contributed by atoms with E-state index in [1.807, 2.05) is 0 Å². The molecule has 0 aromatic carbocycles. The van der Waals surface area contributed by atoms with Crippen molar-refractivity contribution in [3.63, 3.8) is 0 Å². The van der Waals surface area contributed by atoms with Crippen LogP contribution in [0.3, 0.4) is 0 Å². The zero-order valence-electron chi connectivity index (χ0n) is 4.14. The lowest BCUT2D eigenvalue weighted by Crippen LogP contribution is -2.29. The summed E-state index contributed by atoms with van der Waals surface area (Å²) < 4.78 is 0. The van der Waals surface area contributed by atoms with Crippen LogP contribution in [0.15, 0.2) is 0 Å². The van der Waals surface area contributed by atoms with Gasteiger partial charge < -0.3 is 5.32 Å². The summed E-state index contributed by atoms with van der Waals surface area (Å²) in [5.41, 5.74) is 0. The molecule has 0 aromatic heterocycles. The van der Waals surface area contributed by atoms with Crippen LogP contribution in [-0.2, 0) is 10.2 Å². The monoisotopic (exact) mass is 103 g/mol. The fraction of sp³-hybridized carbons (Fsp3) is 1.00. The Morgan fingerprint density at radius 3 is 1.43 bits per heavy atom. The molecule has 0 aliphatic carbocycles. The molecule has 3 heteroatoms. The molecule has 1 saturated heterocycles. The molecule has 1 N–H and O–H groups in total. The second-order valence-electron chi connectivity index (χ2n) is 1.22. The molecule has 1 heterocycles. The Hall–Kier alpha value is -0.120. The van der Waals surface area contributed by atoms with Crippen molar-refractivity contribution in [3.8, 4) is 0 Å². The predicted octanol–water partition coefficient (Wildman–Crippen LogP) is -0.215. The molecule has 0 spiro atoms. The van der Waals surface area contributed by atoms with Gasteiger partial charge in [0.1, 0.15) is 0 Å². The van der Waals surface area contributed by atoms with Crippen LogP contribution in [0, 0.1) is 0 Å². The second-order valence-corrected chi connectivity index (χ2v) is 1.22. The second kappa shape index (κ2) is 5.88. The molecule has 0 saturated carbocycles. The smallest absolute Gasteiger partial charge is 0.214 e. The first-order chi connectivity index (χ1) is 3.41. The van der Waals surface area contributed by atoms with Gasteiger partial charge in [0.25, 0.3) is 0 Å². The van der Waals surface area contributed by atoms with Crippen LogP contribution >= 0.6 is 0 Å². The summed E-state index contributed by atoms with van der Waals surface area (Å²) in [6.45, 7) is 1.25. The predicted molar refractivity (Wildman–Crippen MR) is 23.7 cm³/mol. The summed E-state index contributed by atoms with van der Waals surface area (Å²) in [5, 5.41) is 19.9. The Balaban J connectivity index is 0.000000110. The van der Waals surface area contributed by atoms with Crippen molar-refractivity contribution < 1.29 is 10.2 Å². The Kier molecular flexibility index (Phi) is 5.78. The molecule has 0 aromatic rings. The lowest BCUT2D eigenvalue weighted by Gasteiger charge is -2.09. The molecule has 0 unspecified atom stereocenters. The molecule has 0 bridgehead atoms. The van der Waals surface area contributed by atoms with Gasteiger partial charge in [0.05, 0.1) is 0 Å². The van der Waals surface area contributed by atoms with Crippen molar-refractivity contribution in [2.45, 2.75) is 6.42 Å². The SMILES string of the molecule is C1CNC1.[O]C[O]. The van der Waals surface area contributed by atoms with Gasteiger partial charge in [-0.2, -0.15) is 0 Å². The van der Waals surface area contributed by atoms with Crippen LogP contribution in [0.5, 0.6) is 0 Å². The van der Waals surface area contributed by atoms with E-state index in [1.165, 1.54) is 19.5 Å². The first-order valence-electron chi connectivity index (χ1n) is 2.28. The highest BCUT2D eigenvalue weighted by Crippen LogP contribution is 1.80. The Labute approximate surface area is 43.0 Å². The van der Waals surface area contributed by atoms with Crippen molar-refractivity contribution in [3.05, 3.63) is 0 Å². The lowest BCUT2D eigenvalue weighted by atomic mass is 10.3. The zero-order chi connectivity index (χ0) is 5.54. The average molecular weight is 103 g/mol. The van der Waals surface area contributed by atoms with E-state index in [-0.39, 0.29) is 0 Å². The topological polar surface area (TPSA) is 51.8 Å². The summed E-state index contributed by atoms with van der Waals surface area (Å²) in [7, 11) is 0. The summed E-state index contributed by atoms with van der Waals surface area (Å²) in [6, 6.07) is 0. The molecule has 0 atom stereocenters. The van der Waals surface area contributed by atoms with E-state index in [0.29, 0.717) is 0 Å². The number of rotatable bonds is 0. The van der Waals surface area contributed by atoms with Crippen molar-refractivity contribution in [2.75, 3.05) is 19.9 Å². The van der Waals surface area contributed by atoms with Crippen molar-refractivity contribution in [2.24, 2.45) is 0 Å². The van der Waals surface area contributed by atoms with Crippen LogP contribution in [0.25, 0.3) is 0 Å². The average Bonchev–Trinajstić information content (AvgIpc) is 1.27. The van der Waals surface area contributed by atoms with Gasteiger partial charge in [-0.3, -0.25) is 0 Å². The molecule has 3 nitrogen and oxygen atoms in total. The maximum Gasteiger partial charge on any atom is 0.214 e. The van der Waals surface area contributed by atoms with E-state index >= 15 is 0 Å². The first-order valence-corrected chi connectivity index (χ1v) is 2.28. The van der Waals surface area contributed by atoms with Crippen LogP contribution < -0.4 is 5.32 Å². The van der Waals surface area contributed by atoms with Crippen molar-refractivity contribution in [1.29, 1.82) is 0 Å². The van der Waals surface area contributed by atoms with E-state index in [9.17, 15) is 0 Å². The minimum atomic E-state index is -1.25. The molecule has 2 radical (unpaired) electrons. The van der Waals surface area contributed by atoms with E-state index in [4.69, 9.17) is 10.2 Å². The highest BCUT2D eigenvalue weighted by molar-refractivity contribution is 4.56. The van der Waals surface area contributed by atoms with Gasteiger partial charge >= 0.3 is 0 Å². The molecule has 42 valence electrons. The molecule has 7 heavy (non-hydrogen) atoms. The minimum absolute atomic E-state index is 1.25. The highest BCUT2D eigenvalue weighted by Gasteiger charge is 1.92. The Morgan fingerprint density at radius 2 is 1.43 bits per heavy atom. The lowest BCUT2D eigenvalue weighted by molar-refractivity contribution is -0.0309. The number of hydrogen-bond donors (Lipinski definition) is 1. The fourth-order valence-corrected chi connectivity index (χ4v) is 0.177. The van der Waals surface area contributed by atoms with Crippen LogP contribution in [0.1, 0.15) is 6.42 Å². The van der Waals surface area contributed by atoms with E-state index in [2.05, 4.69) is 5.32 Å². The van der Waals surface area contributed by atoms with Gasteiger partial charge in [-0.05, 0) is 19.5 Å². The third kappa shape index (κ3) is 5.88. The molecule has 0 amide bonds. The molecule has 1 rings (SSSR count). The highest BCUT2D eigenvalue weighted by atomic mass is 16.5. The van der Waals surface area contributed by atoms with Crippen LogP contribution in [0.4, 0.5) is 0 Å². The van der Waals surface area contributed by atoms with Crippen molar-refractivity contribution in [1.82, 2.24) is 5.32 Å². The van der Waals surface area contributed by atoms with E-state index in [1.54, 1.807) is 0 Å². The molecule has 1 aliphatic heterocycles. The molecule has 1 aliphatic rings. The third-order valence-corrected chi connectivity index (χ3v) is 0.707. The minimum Gasteiger partial charge on any atom is -0.317 e. The summed E-state index contributed by atoms with van der Waals surface area (Å²) >= 11 is 0. The van der Waals surface area contributed by atoms with E-state index in [0.717, 1.165) is 0 Å². The molecular formula is C4H9NO2. The summed E-state index contributed by atoms with van der Waals surface area (Å²) in [4.78, 5) is 0.